The first-order chi connectivity index (χ1) is 8.13. The van der Waals surface area contributed by atoms with E-state index in [9.17, 15) is 4.79 Å². The van der Waals surface area contributed by atoms with Gasteiger partial charge in [0.25, 0.3) is 0 Å². The van der Waals surface area contributed by atoms with Gasteiger partial charge in [0.1, 0.15) is 0 Å². The molecule has 0 spiro atoms. The summed E-state index contributed by atoms with van der Waals surface area (Å²) >= 11 is 0. The van der Waals surface area contributed by atoms with Crippen molar-refractivity contribution in [2.24, 2.45) is 0 Å². The maximum atomic E-state index is 10.4. The van der Waals surface area contributed by atoms with E-state index in [1.807, 2.05) is 13.0 Å². The van der Waals surface area contributed by atoms with E-state index in [2.05, 4.69) is 31.2 Å². The monoisotopic (exact) mass is 232 g/mol. The van der Waals surface area contributed by atoms with Crippen LogP contribution in [0.2, 0.25) is 0 Å². The molecular weight excluding hydrogens is 212 g/mol. The van der Waals surface area contributed by atoms with Crippen LogP contribution in [0.4, 0.5) is 0 Å². The van der Waals surface area contributed by atoms with Crippen LogP contribution in [-0.4, -0.2) is 11.1 Å². The molecule has 0 bridgehead atoms. The Morgan fingerprint density at radius 3 is 2.47 bits per heavy atom. The van der Waals surface area contributed by atoms with Crippen LogP contribution in [0.25, 0.3) is 5.57 Å². The summed E-state index contributed by atoms with van der Waals surface area (Å²) in [5.74, 6) is -0.743. The molecular formula is C15H20O2. The summed E-state index contributed by atoms with van der Waals surface area (Å²) in [4.78, 5) is 10.4. The normalized spacial score (nSPS) is 11.5. The molecule has 0 aliphatic rings. The summed E-state index contributed by atoms with van der Waals surface area (Å²) in [6.45, 7) is 4.20. The van der Waals surface area contributed by atoms with Crippen LogP contribution in [0.3, 0.4) is 0 Å². The maximum absolute atomic E-state index is 10.4. The molecule has 2 nitrogen and oxygen atoms in total. The molecule has 0 unspecified atom stereocenters. The highest BCUT2D eigenvalue weighted by atomic mass is 16.4. The van der Waals surface area contributed by atoms with E-state index in [1.165, 1.54) is 11.1 Å². The Labute approximate surface area is 103 Å². The van der Waals surface area contributed by atoms with Crippen molar-refractivity contribution in [1.82, 2.24) is 0 Å². The van der Waals surface area contributed by atoms with E-state index >= 15 is 0 Å². The fraction of sp³-hybridized carbons (Fsp3) is 0.400. The second-order valence-corrected chi connectivity index (χ2v) is 4.27. The van der Waals surface area contributed by atoms with Crippen molar-refractivity contribution >= 4 is 11.5 Å². The number of hydrogen-bond donors (Lipinski definition) is 1. The van der Waals surface area contributed by atoms with Crippen LogP contribution in [0.1, 0.15) is 44.2 Å². The number of rotatable bonds is 6. The largest absolute Gasteiger partial charge is 0.481 e. The highest BCUT2D eigenvalue weighted by Gasteiger charge is 1.98. The maximum Gasteiger partial charge on any atom is 0.303 e. The van der Waals surface area contributed by atoms with Gasteiger partial charge in [0.2, 0.25) is 0 Å². The molecule has 1 aromatic carbocycles. The van der Waals surface area contributed by atoms with Crippen molar-refractivity contribution in [2.75, 3.05) is 0 Å². The molecule has 17 heavy (non-hydrogen) atoms. The van der Waals surface area contributed by atoms with Crippen molar-refractivity contribution in [1.29, 1.82) is 0 Å². The van der Waals surface area contributed by atoms with Gasteiger partial charge in [0.05, 0.1) is 0 Å². The third-order valence-electron chi connectivity index (χ3n) is 2.76. The van der Waals surface area contributed by atoms with E-state index in [1.54, 1.807) is 0 Å². The number of allylic oxidation sites excluding steroid dienone is 2. The molecule has 1 rings (SSSR count). The second-order valence-electron chi connectivity index (χ2n) is 4.27. The minimum atomic E-state index is -0.743. The molecule has 1 N–H and O–H groups in total. The van der Waals surface area contributed by atoms with E-state index in [-0.39, 0.29) is 6.42 Å². The Morgan fingerprint density at radius 2 is 1.94 bits per heavy atom. The summed E-state index contributed by atoms with van der Waals surface area (Å²) in [6, 6.07) is 8.51. The van der Waals surface area contributed by atoms with Gasteiger partial charge in [-0.25, -0.2) is 0 Å². The number of carboxylic acids is 1. The quantitative estimate of drug-likeness (QED) is 0.807. The van der Waals surface area contributed by atoms with Crippen LogP contribution in [0.5, 0.6) is 0 Å². The Hall–Kier alpha value is -1.57. The fourth-order valence-electron chi connectivity index (χ4n) is 1.75. The van der Waals surface area contributed by atoms with Gasteiger partial charge in [-0.3, -0.25) is 4.79 Å². The zero-order valence-corrected chi connectivity index (χ0v) is 10.6. The third-order valence-corrected chi connectivity index (χ3v) is 2.76. The summed E-state index contributed by atoms with van der Waals surface area (Å²) in [6.07, 6.45) is 5.06. The molecule has 0 saturated heterocycles. The van der Waals surface area contributed by atoms with Crippen molar-refractivity contribution < 1.29 is 9.90 Å². The Morgan fingerprint density at radius 1 is 1.29 bits per heavy atom. The van der Waals surface area contributed by atoms with Crippen molar-refractivity contribution in [2.45, 2.75) is 39.5 Å². The lowest BCUT2D eigenvalue weighted by atomic mass is 10.0. The highest BCUT2D eigenvalue weighted by Crippen LogP contribution is 2.16. The second kappa shape index (κ2) is 6.89. The standard InChI is InChI=1S/C15H20O2/c1-3-5-13-8-10-14(11-9-13)12(2)6-4-7-15(16)17/h6,8-11H,3-5,7H2,1-2H3,(H,16,17)/b12-6+. The first-order valence-electron chi connectivity index (χ1n) is 6.11. The molecule has 92 valence electrons. The SMILES string of the molecule is CCCc1ccc(/C(C)=C/CCC(=O)O)cc1. The van der Waals surface area contributed by atoms with Crippen molar-refractivity contribution in [3.8, 4) is 0 Å². The smallest absolute Gasteiger partial charge is 0.303 e. The van der Waals surface area contributed by atoms with Gasteiger partial charge >= 0.3 is 5.97 Å². The predicted molar refractivity (Wildman–Crippen MR) is 71.0 cm³/mol. The molecule has 0 saturated carbocycles. The first kappa shape index (κ1) is 13.5. The summed E-state index contributed by atoms with van der Waals surface area (Å²) in [5, 5.41) is 8.56. The molecule has 0 atom stereocenters. The molecule has 0 radical (unpaired) electrons. The van der Waals surface area contributed by atoms with Gasteiger partial charge < -0.3 is 5.11 Å². The lowest BCUT2D eigenvalue weighted by molar-refractivity contribution is -0.136. The molecule has 2 heteroatoms. The molecule has 1 aromatic rings. The van der Waals surface area contributed by atoms with Gasteiger partial charge in [-0.1, -0.05) is 43.7 Å². The molecule has 0 amide bonds. The summed E-state index contributed by atoms with van der Waals surface area (Å²) in [7, 11) is 0. The minimum absolute atomic E-state index is 0.200. The lowest BCUT2D eigenvalue weighted by Gasteiger charge is -2.04. The minimum Gasteiger partial charge on any atom is -0.481 e. The average Bonchev–Trinajstić information content (AvgIpc) is 2.30. The number of carboxylic acid groups (broad SMARTS) is 1. The number of carbonyl (C=O) groups is 1. The fourth-order valence-corrected chi connectivity index (χ4v) is 1.75. The number of benzene rings is 1. The zero-order valence-electron chi connectivity index (χ0n) is 10.6. The highest BCUT2D eigenvalue weighted by molar-refractivity contribution is 5.68. The van der Waals surface area contributed by atoms with Gasteiger partial charge in [-0.2, -0.15) is 0 Å². The Balaban J connectivity index is 2.62. The Bertz CT molecular complexity index is 388. The van der Waals surface area contributed by atoms with Crippen LogP contribution in [0, 0.1) is 0 Å². The molecule has 0 aliphatic carbocycles. The van der Waals surface area contributed by atoms with E-state index < -0.39 is 5.97 Å². The van der Waals surface area contributed by atoms with Gasteiger partial charge in [0.15, 0.2) is 0 Å². The van der Waals surface area contributed by atoms with Crippen LogP contribution < -0.4 is 0 Å². The van der Waals surface area contributed by atoms with Gasteiger partial charge in [0, 0.05) is 6.42 Å². The average molecular weight is 232 g/mol. The number of hydrogen-bond acceptors (Lipinski definition) is 1. The topological polar surface area (TPSA) is 37.3 Å². The molecule has 0 aromatic heterocycles. The van der Waals surface area contributed by atoms with E-state index in [0.717, 1.165) is 18.4 Å². The van der Waals surface area contributed by atoms with E-state index in [4.69, 9.17) is 5.11 Å². The van der Waals surface area contributed by atoms with Crippen LogP contribution >= 0.6 is 0 Å². The van der Waals surface area contributed by atoms with Gasteiger partial charge in [-0.05, 0) is 36.5 Å². The molecule has 0 aliphatic heterocycles. The Kier molecular flexibility index (Phi) is 5.47. The number of aryl methyl sites for hydroxylation is 1. The first-order valence-corrected chi connectivity index (χ1v) is 6.11. The van der Waals surface area contributed by atoms with E-state index in [0.29, 0.717) is 6.42 Å². The molecule has 0 fully saturated rings. The molecule has 0 heterocycles. The number of aliphatic carboxylic acids is 1. The van der Waals surface area contributed by atoms with Crippen LogP contribution in [0.15, 0.2) is 30.3 Å². The van der Waals surface area contributed by atoms with Gasteiger partial charge in [-0.15, -0.1) is 0 Å². The summed E-state index contributed by atoms with van der Waals surface area (Å²) in [5.41, 5.74) is 3.68. The zero-order chi connectivity index (χ0) is 12.7. The van der Waals surface area contributed by atoms with Crippen LogP contribution in [-0.2, 0) is 11.2 Å². The summed E-state index contributed by atoms with van der Waals surface area (Å²) < 4.78 is 0. The van der Waals surface area contributed by atoms with Crippen molar-refractivity contribution in [3.05, 3.63) is 41.5 Å². The van der Waals surface area contributed by atoms with Crippen molar-refractivity contribution in [3.63, 3.8) is 0 Å². The third kappa shape index (κ3) is 4.85. The predicted octanol–water partition coefficient (Wildman–Crippen LogP) is 3.91. The lowest BCUT2D eigenvalue weighted by Crippen LogP contribution is -1.92.